The van der Waals surface area contributed by atoms with Gasteiger partial charge < -0.3 is 10.2 Å². The van der Waals surface area contributed by atoms with E-state index in [1.54, 1.807) is 6.20 Å². The van der Waals surface area contributed by atoms with Crippen molar-refractivity contribution in [3.8, 4) is 0 Å². The number of carbonyl (C=O) groups is 1. The third-order valence-corrected chi connectivity index (χ3v) is 3.54. The summed E-state index contributed by atoms with van der Waals surface area (Å²) in [6.45, 7) is 0.879. The molecular weight excluding hydrogens is 250 g/mol. The predicted octanol–water partition coefficient (Wildman–Crippen LogP) is 2.69. The van der Waals surface area contributed by atoms with Gasteiger partial charge in [-0.3, -0.25) is 4.79 Å². The molecule has 1 aromatic carbocycles. The van der Waals surface area contributed by atoms with Crippen molar-refractivity contribution >= 4 is 17.4 Å². The van der Waals surface area contributed by atoms with E-state index in [-0.39, 0.29) is 11.9 Å². The number of hydrogen-bond donors (Lipinski definition) is 1. The molecule has 2 aromatic rings. The molecule has 2 heterocycles. The topological polar surface area (TPSA) is 45.2 Å². The Balaban J connectivity index is 1.74. The average molecular weight is 267 g/mol. The quantitative estimate of drug-likeness (QED) is 0.930. The van der Waals surface area contributed by atoms with Crippen molar-refractivity contribution in [1.29, 1.82) is 0 Å². The van der Waals surface area contributed by atoms with E-state index in [0.29, 0.717) is 0 Å². The Morgan fingerprint density at radius 1 is 1.15 bits per heavy atom. The van der Waals surface area contributed by atoms with E-state index >= 15 is 0 Å². The molecule has 4 nitrogen and oxygen atoms in total. The molecule has 0 aliphatic carbocycles. The second-order valence-electron chi connectivity index (χ2n) is 4.89. The number of carbonyl (C=O) groups excluding carboxylic acids is 1. The highest BCUT2D eigenvalue weighted by Crippen LogP contribution is 2.24. The zero-order chi connectivity index (χ0) is 13.8. The molecule has 1 N–H and O–H groups in total. The van der Waals surface area contributed by atoms with Crippen molar-refractivity contribution in [1.82, 2.24) is 4.98 Å². The Kier molecular flexibility index (Phi) is 3.63. The Labute approximate surface area is 118 Å². The van der Waals surface area contributed by atoms with Gasteiger partial charge in [-0.2, -0.15) is 0 Å². The fourth-order valence-corrected chi connectivity index (χ4v) is 2.58. The summed E-state index contributed by atoms with van der Waals surface area (Å²) in [5.74, 6) is 0.914. The second-order valence-corrected chi connectivity index (χ2v) is 4.89. The first-order valence-corrected chi connectivity index (χ1v) is 6.88. The van der Waals surface area contributed by atoms with E-state index in [1.807, 2.05) is 48.5 Å². The van der Waals surface area contributed by atoms with Crippen molar-refractivity contribution in [3.63, 3.8) is 0 Å². The number of hydrogen-bond acceptors (Lipinski definition) is 3. The van der Waals surface area contributed by atoms with Crippen LogP contribution in [0.5, 0.6) is 0 Å². The van der Waals surface area contributed by atoms with Gasteiger partial charge in [0.05, 0.1) is 0 Å². The summed E-state index contributed by atoms with van der Waals surface area (Å²) >= 11 is 0. The Morgan fingerprint density at radius 3 is 2.70 bits per heavy atom. The summed E-state index contributed by atoms with van der Waals surface area (Å²) in [7, 11) is 0. The van der Waals surface area contributed by atoms with Gasteiger partial charge in [-0.25, -0.2) is 4.98 Å². The van der Waals surface area contributed by atoms with E-state index in [1.165, 1.54) is 0 Å². The zero-order valence-corrected chi connectivity index (χ0v) is 11.2. The minimum absolute atomic E-state index is 0.0411. The van der Waals surface area contributed by atoms with Crippen LogP contribution < -0.4 is 10.2 Å². The number of aromatic nitrogens is 1. The summed E-state index contributed by atoms with van der Waals surface area (Å²) in [6, 6.07) is 15.2. The monoisotopic (exact) mass is 267 g/mol. The number of nitrogens with zero attached hydrogens (tertiary/aromatic N) is 2. The van der Waals surface area contributed by atoms with Gasteiger partial charge in [0.25, 0.3) is 0 Å². The van der Waals surface area contributed by atoms with Crippen LogP contribution in [0, 0.1) is 0 Å². The first-order valence-electron chi connectivity index (χ1n) is 6.88. The van der Waals surface area contributed by atoms with Crippen LogP contribution in [0.2, 0.25) is 0 Å². The van der Waals surface area contributed by atoms with Crippen LogP contribution in [0.4, 0.5) is 11.5 Å². The van der Waals surface area contributed by atoms with Crippen LogP contribution >= 0.6 is 0 Å². The Hall–Kier alpha value is -2.36. The van der Waals surface area contributed by atoms with Crippen molar-refractivity contribution in [2.45, 2.75) is 18.9 Å². The maximum Gasteiger partial charge on any atom is 0.247 e. The molecule has 102 valence electrons. The number of benzene rings is 1. The van der Waals surface area contributed by atoms with E-state index in [2.05, 4.69) is 15.2 Å². The summed E-state index contributed by atoms with van der Waals surface area (Å²) in [6.07, 6.45) is 3.65. The fourth-order valence-electron chi connectivity index (χ4n) is 2.58. The molecule has 1 aliphatic heterocycles. The lowest BCUT2D eigenvalue weighted by molar-refractivity contribution is -0.117. The number of rotatable bonds is 3. The number of para-hydroxylation sites is 1. The van der Waals surface area contributed by atoms with Gasteiger partial charge in [0.15, 0.2) is 0 Å². The summed E-state index contributed by atoms with van der Waals surface area (Å²) in [5, 5.41) is 2.98. The van der Waals surface area contributed by atoms with Gasteiger partial charge in [0.2, 0.25) is 5.91 Å². The van der Waals surface area contributed by atoms with Gasteiger partial charge in [-0.05, 0) is 37.1 Å². The molecule has 3 rings (SSSR count). The largest absolute Gasteiger partial charge is 0.345 e. The molecule has 0 radical (unpaired) electrons. The number of anilines is 2. The van der Waals surface area contributed by atoms with Crippen molar-refractivity contribution in [3.05, 3.63) is 54.7 Å². The molecule has 1 aromatic heterocycles. The normalized spacial score (nSPS) is 18.0. The van der Waals surface area contributed by atoms with E-state index in [0.717, 1.165) is 30.9 Å². The lowest BCUT2D eigenvalue weighted by atomic mass is 10.2. The Morgan fingerprint density at radius 2 is 1.95 bits per heavy atom. The maximum absolute atomic E-state index is 12.4. The smallest absolute Gasteiger partial charge is 0.247 e. The minimum atomic E-state index is -0.134. The fraction of sp³-hybridized carbons (Fsp3) is 0.250. The molecule has 1 fully saturated rings. The van der Waals surface area contributed by atoms with Gasteiger partial charge in [-0.15, -0.1) is 0 Å². The first-order chi connectivity index (χ1) is 9.84. The molecule has 0 unspecified atom stereocenters. The second kappa shape index (κ2) is 5.74. The van der Waals surface area contributed by atoms with Gasteiger partial charge >= 0.3 is 0 Å². The SMILES string of the molecule is O=C(Nc1ccccc1)[C@@H]1CCCN1c1ccccn1. The van der Waals surface area contributed by atoms with E-state index in [9.17, 15) is 4.79 Å². The standard InChI is InChI=1S/C16H17N3O/c20-16(18-13-7-2-1-3-8-13)14-9-6-12-19(14)15-10-4-5-11-17-15/h1-5,7-8,10-11,14H,6,9,12H2,(H,18,20)/t14-/m0/s1. The predicted molar refractivity (Wildman–Crippen MR) is 79.7 cm³/mol. The lowest BCUT2D eigenvalue weighted by Gasteiger charge is -2.24. The summed E-state index contributed by atoms with van der Waals surface area (Å²) in [5.41, 5.74) is 0.838. The number of pyridine rings is 1. The van der Waals surface area contributed by atoms with Crippen LogP contribution in [0.25, 0.3) is 0 Å². The molecular formula is C16H17N3O. The van der Waals surface area contributed by atoms with Crippen molar-refractivity contribution in [2.75, 3.05) is 16.8 Å². The third kappa shape index (κ3) is 2.64. The van der Waals surface area contributed by atoms with Gasteiger partial charge in [0, 0.05) is 18.4 Å². The van der Waals surface area contributed by atoms with E-state index < -0.39 is 0 Å². The van der Waals surface area contributed by atoms with Crippen LogP contribution in [0.1, 0.15) is 12.8 Å². The number of amides is 1. The molecule has 1 atom stereocenters. The van der Waals surface area contributed by atoms with Crippen LogP contribution in [-0.4, -0.2) is 23.5 Å². The summed E-state index contributed by atoms with van der Waals surface area (Å²) < 4.78 is 0. The average Bonchev–Trinajstić information content (AvgIpc) is 2.99. The van der Waals surface area contributed by atoms with Gasteiger partial charge in [-0.1, -0.05) is 24.3 Å². The molecule has 20 heavy (non-hydrogen) atoms. The zero-order valence-electron chi connectivity index (χ0n) is 11.2. The highest BCUT2D eigenvalue weighted by atomic mass is 16.2. The van der Waals surface area contributed by atoms with Crippen molar-refractivity contribution < 1.29 is 4.79 Å². The van der Waals surface area contributed by atoms with Crippen molar-refractivity contribution in [2.24, 2.45) is 0 Å². The summed E-state index contributed by atoms with van der Waals surface area (Å²) in [4.78, 5) is 18.8. The van der Waals surface area contributed by atoms with Crippen LogP contribution in [0.15, 0.2) is 54.7 Å². The van der Waals surface area contributed by atoms with Crippen LogP contribution in [0.3, 0.4) is 0 Å². The maximum atomic E-state index is 12.4. The minimum Gasteiger partial charge on any atom is -0.345 e. The molecule has 0 saturated carbocycles. The molecule has 1 amide bonds. The molecule has 4 heteroatoms. The highest BCUT2D eigenvalue weighted by molar-refractivity contribution is 5.97. The third-order valence-electron chi connectivity index (χ3n) is 3.54. The molecule has 0 bridgehead atoms. The Bertz CT molecular complexity index is 571. The van der Waals surface area contributed by atoms with E-state index in [4.69, 9.17) is 0 Å². The number of nitrogens with one attached hydrogen (secondary N) is 1. The molecule has 1 saturated heterocycles. The first kappa shape index (κ1) is 12.7. The lowest BCUT2D eigenvalue weighted by Crippen LogP contribution is -2.40. The molecule has 1 aliphatic rings. The molecule has 0 spiro atoms. The van der Waals surface area contributed by atoms with Crippen LogP contribution in [-0.2, 0) is 4.79 Å². The highest BCUT2D eigenvalue weighted by Gasteiger charge is 2.31. The van der Waals surface area contributed by atoms with Gasteiger partial charge in [0.1, 0.15) is 11.9 Å².